The van der Waals surface area contributed by atoms with E-state index in [2.05, 4.69) is 21.2 Å². The smallest absolute Gasteiger partial charge is 0.328 e. The molecule has 0 aliphatic carbocycles. The molecule has 3 rings (SSSR count). The van der Waals surface area contributed by atoms with Crippen molar-refractivity contribution in [2.45, 2.75) is 0 Å². The Morgan fingerprint density at radius 3 is 2.46 bits per heavy atom. The van der Waals surface area contributed by atoms with Crippen LogP contribution in [-0.2, 0) is 18.9 Å². The van der Waals surface area contributed by atoms with Crippen molar-refractivity contribution in [1.29, 1.82) is 0 Å². The van der Waals surface area contributed by atoms with E-state index in [1.165, 1.54) is 0 Å². The van der Waals surface area contributed by atoms with Crippen LogP contribution < -0.4 is 15.7 Å². The summed E-state index contributed by atoms with van der Waals surface area (Å²) in [6.45, 7) is -0.0899. The number of carbonyl (C=O) groups is 1. The summed E-state index contributed by atoms with van der Waals surface area (Å²) in [6.07, 6.45) is 0. The predicted octanol–water partition coefficient (Wildman–Crippen LogP) is 2.66. The molecule has 0 aliphatic rings. The van der Waals surface area contributed by atoms with Gasteiger partial charge in [0.1, 0.15) is 5.75 Å². The highest BCUT2D eigenvalue weighted by Crippen LogP contribution is 2.18. The fourth-order valence-electron chi connectivity index (χ4n) is 2.46. The number of anilines is 1. The number of halogens is 1. The summed E-state index contributed by atoms with van der Waals surface area (Å²) in [6, 6.07) is 12.6. The molecule has 0 saturated carbocycles. The van der Waals surface area contributed by atoms with Gasteiger partial charge in [0.25, 0.3) is 5.91 Å². The molecule has 0 unspecified atom stereocenters. The molecule has 1 aromatic heterocycles. The third-order valence-corrected chi connectivity index (χ3v) is 4.27. The topological polar surface area (TPSA) is 65.3 Å². The average Bonchev–Trinajstić information content (AvgIpc) is 2.79. The Labute approximate surface area is 146 Å². The third-order valence-electron chi connectivity index (χ3n) is 3.74. The van der Waals surface area contributed by atoms with Crippen LogP contribution in [0.5, 0.6) is 5.75 Å². The van der Waals surface area contributed by atoms with Gasteiger partial charge in [-0.25, -0.2) is 4.79 Å². The van der Waals surface area contributed by atoms with Crippen molar-refractivity contribution in [3.05, 3.63) is 57.4 Å². The predicted molar refractivity (Wildman–Crippen MR) is 96.4 cm³/mol. The van der Waals surface area contributed by atoms with Gasteiger partial charge in [0.05, 0.1) is 11.0 Å². The van der Waals surface area contributed by atoms with Crippen LogP contribution in [0.25, 0.3) is 11.0 Å². The fraction of sp³-hybridized carbons (Fsp3) is 0.176. The van der Waals surface area contributed by atoms with Crippen molar-refractivity contribution in [1.82, 2.24) is 9.13 Å². The van der Waals surface area contributed by atoms with E-state index in [4.69, 9.17) is 4.74 Å². The van der Waals surface area contributed by atoms with Crippen molar-refractivity contribution in [3.8, 4) is 5.75 Å². The van der Waals surface area contributed by atoms with Crippen LogP contribution in [0.2, 0.25) is 0 Å². The van der Waals surface area contributed by atoms with Gasteiger partial charge in [0.15, 0.2) is 6.61 Å². The summed E-state index contributed by atoms with van der Waals surface area (Å²) >= 11 is 3.34. The van der Waals surface area contributed by atoms with Crippen LogP contribution >= 0.6 is 15.9 Å². The molecule has 2 aromatic carbocycles. The van der Waals surface area contributed by atoms with Gasteiger partial charge in [0.2, 0.25) is 0 Å². The molecule has 24 heavy (non-hydrogen) atoms. The lowest BCUT2D eigenvalue weighted by molar-refractivity contribution is -0.118. The van der Waals surface area contributed by atoms with E-state index in [1.54, 1.807) is 47.5 Å². The van der Waals surface area contributed by atoms with E-state index < -0.39 is 0 Å². The van der Waals surface area contributed by atoms with Crippen LogP contribution in [-0.4, -0.2) is 21.6 Å². The molecule has 1 N–H and O–H groups in total. The third kappa shape index (κ3) is 3.21. The van der Waals surface area contributed by atoms with Crippen molar-refractivity contribution < 1.29 is 9.53 Å². The number of aromatic nitrogens is 2. The standard InChI is InChI=1S/C17H16BrN3O3/c1-20-14-8-5-12(9-15(14)21(2)17(20)23)19-16(22)10-24-13-6-3-11(18)4-7-13/h3-9H,10H2,1-2H3,(H,19,22). The van der Waals surface area contributed by atoms with Gasteiger partial charge < -0.3 is 10.1 Å². The van der Waals surface area contributed by atoms with Gasteiger partial charge in [-0.1, -0.05) is 15.9 Å². The van der Waals surface area contributed by atoms with Crippen molar-refractivity contribution in [3.63, 3.8) is 0 Å². The van der Waals surface area contributed by atoms with Crippen LogP contribution in [0.3, 0.4) is 0 Å². The maximum Gasteiger partial charge on any atom is 0.328 e. The monoisotopic (exact) mass is 389 g/mol. The van der Waals surface area contributed by atoms with Crippen molar-refractivity contribution in [2.75, 3.05) is 11.9 Å². The molecule has 0 aliphatic heterocycles. The molecular weight excluding hydrogens is 374 g/mol. The molecule has 0 spiro atoms. The highest BCUT2D eigenvalue weighted by molar-refractivity contribution is 9.10. The van der Waals surface area contributed by atoms with Gasteiger partial charge in [-0.05, 0) is 42.5 Å². The van der Waals surface area contributed by atoms with E-state index in [1.807, 2.05) is 18.2 Å². The number of amides is 1. The molecule has 0 radical (unpaired) electrons. The van der Waals surface area contributed by atoms with E-state index >= 15 is 0 Å². The quantitative estimate of drug-likeness (QED) is 0.745. The number of nitrogens with zero attached hydrogens (tertiary/aromatic N) is 2. The lowest BCUT2D eigenvalue weighted by Crippen LogP contribution is -2.20. The zero-order valence-corrected chi connectivity index (χ0v) is 14.8. The van der Waals surface area contributed by atoms with E-state index in [0.717, 1.165) is 15.5 Å². The van der Waals surface area contributed by atoms with Crippen LogP contribution in [0.1, 0.15) is 0 Å². The zero-order chi connectivity index (χ0) is 17.3. The SMILES string of the molecule is Cn1c(=O)n(C)c2cc(NC(=O)COc3ccc(Br)cc3)ccc21. The minimum absolute atomic E-state index is 0.0899. The molecular formula is C17H16BrN3O3. The Morgan fingerprint density at radius 1 is 1.08 bits per heavy atom. The summed E-state index contributed by atoms with van der Waals surface area (Å²) in [5.41, 5.74) is 2.08. The minimum atomic E-state index is -0.266. The summed E-state index contributed by atoms with van der Waals surface area (Å²) in [5, 5.41) is 2.77. The second-order valence-electron chi connectivity index (χ2n) is 5.39. The van der Waals surface area contributed by atoms with Crippen LogP contribution in [0.15, 0.2) is 51.7 Å². The van der Waals surface area contributed by atoms with Crippen molar-refractivity contribution >= 4 is 38.6 Å². The first-order chi connectivity index (χ1) is 11.5. The Hall–Kier alpha value is -2.54. The summed E-state index contributed by atoms with van der Waals surface area (Å²) < 4.78 is 9.49. The Bertz CT molecular complexity index is 958. The molecule has 3 aromatic rings. The summed E-state index contributed by atoms with van der Waals surface area (Å²) in [5.74, 6) is 0.354. The second-order valence-corrected chi connectivity index (χ2v) is 6.31. The molecule has 7 heteroatoms. The maximum absolute atomic E-state index is 12.0. The molecule has 0 atom stereocenters. The Morgan fingerprint density at radius 2 is 1.75 bits per heavy atom. The van der Waals surface area contributed by atoms with E-state index in [9.17, 15) is 9.59 Å². The first-order valence-electron chi connectivity index (χ1n) is 7.29. The van der Waals surface area contributed by atoms with E-state index in [0.29, 0.717) is 11.4 Å². The molecule has 6 nitrogen and oxygen atoms in total. The number of ether oxygens (including phenoxy) is 1. The Balaban J connectivity index is 1.70. The molecule has 0 saturated heterocycles. The highest BCUT2D eigenvalue weighted by atomic mass is 79.9. The first-order valence-corrected chi connectivity index (χ1v) is 8.08. The number of fused-ring (bicyclic) bond motifs is 1. The first kappa shape index (κ1) is 16.3. The lowest BCUT2D eigenvalue weighted by atomic mass is 10.2. The van der Waals surface area contributed by atoms with Crippen LogP contribution in [0, 0.1) is 0 Å². The molecule has 1 heterocycles. The normalized spacial score (nSPS) is 10.8. The molecule has 124 valence electrons. The molecule has 0 fully saturated rings. The van der Waals surface area contributed by atoms with Gasteiger partial charge in [-0.15, -0.1) is 0 Å². The molecule has 0 bridgehead atoms. The van der Waals surface area contributed by atoms with E-state index in [-0.39, 0.29) is 18.2 Å². The molecule has 1 amide bonds. The van der Waals surface area contributed by atoms with Crippen LogP contribution in [0.4, 0.5) is 5.69 Å². The number of aryl methyl sites for hydroxylation is 2. The van der Waals surface area contributed by atoms with Gasteiger partial charge in [-0.3, -0.25) is 13.9 Å². The fourth-order valence-corrected chi connectivity index (χ4v) is 2.73. The summed E-state index contributed by atoms with van der Waals surface area (Å²) in [4.78, 5) is 23.9. The number of hydrogen-bond acceptors (Lipinski definition) is 3. The lowest BCUT2D eigenvalue weighted by Gasteiger charge is -2.08. The van der Waals surface area contributed by atoms with Gasteiger partial charge in [0, 0.05) is 24.3 Å². The average molecular weight is 390 g/mol. The zero-order valence-electron chi connectivity index (χ0n) is 13.2. The maximum atomic E-state index is 12.0. The number of hydrogen-bond donors (Lipinski definition) is 1. The summed E-state index contributed by atoms with van der Waals surface area (Å²) in [7, 11) is 3.42. The van der Waals surface area contributed by atoms with Crippen molar-refractivity contribution in [2.24, 2.45) is 14.1 Å². The number of imidazole rings is 1. The van der Waals surface area contributed by atoms with Gasteiger partial charge in [-0.2, -0.15) is 0 Å². The highest BCUT2D eigenvalue weighted by Gasteiger charge is 2.10. The largest absolute Gasteiger partial charge is 0.484 e. The Kier molecular flexibility index (Phi) is 4.44. The number of rotatable bonds is 4. The number of carbonyl (C=O) groups excluding carboxylic acids is 1. The van der Waals surface area contributed by atoms with Gasteiger partial charge >= 0.3 is 5.69 Å². The minimum Gasteiger partial charge on any atom is -0.484 e. The number of nitrogens with one attached hydrogen (secondary N) is 1. The second kappa shape index (κ2) is 6.52. The number of benzene rings is 2.